The number of benzene rings is 9. The van der Waals surface area contributed by atoms with E-state index in [0.717, 1.165) is 17.1 Å². The van der Waals surface area contributed by atoms with E-state index in [2.05, 4.69) is 170 Å². The van der Waals surface area contributed by atoms with Gasteiger partial charge in [-0.3, -0.25) is 0 Å². The van der Waals surface area contributed by atoms with Gasteiger partial charge in [-0.15, -0.1) is 0 Å². The van der Waals surface area contributed by atoms with E-state index in [4.69, 9.17) is 4.74 Å². The van der Waals surface area contributed by atoms with Crippen molar-refractivity contribution in [3.63, 3.8) is 0 Å². The number of ether oxygens (including phenoxy) is 1. The fourth-order valence-electron chi connectivity index (χ4n) is 7.75. The third-order valence-electron chi connectivity index (χ3n) is 9.84. The van der Waals surface area contributed by atoms with Crippen molar-refractivity contribution in [1.29, 1.82) is 0 Å². The molecule has 9 aromatic carbocycles. The molecule has 1 aliphatic heterocycles. The Hall–Kier alpha value is -6.18. The highest BCUT2D eigenvalue weighted by Crippen LogP contribution is 2.51. The summed E-state index contributed by atoms with van der Waals surface area (Å²) >= 11 is 0. The van der Waals surface area contributed by atoms with Gasteiger partial charge < -0.3 is 4.74 Å². The molecule has 0 amide bonds. The van der Waals surface area contributed by atoms with Crippen LogP contribution in [0.15, 0.2) is 170 Å². The Morgan fingerprint density at radius 3 is 1.60 bits per heavy atom. The van der Waals surface area contributed by atoms with Crippen molar-refractivity contribution in [3.05, 3.63) is 170 Å². The van der Waals surface area contributed by atoms with Crippen LogP contribution in [0, 0.1) is 0 Å². The van der Waals surface area contributed by atoms with Gasteiger partial charge in [0.05, 0.1) is 0 Å². The summed E-state index contributed by atoms with van der Waals surface area (Å²) in [6.07, 6.45) is 0. The average molecular weight is 597 g/mol. The highest BCUT2D eigenvalue weighted by Gasteiger charge is 2.24. The fraction of sp³-hybridized carbons (Fsp3) is 0. The molecule has 0 saturated carbocycles. The molecule has 9 aromatic rings. The molecule has 0 bridgehead atoms. The van der Waals surface area contributed by atoms with Gasteiger partial charge in [0.25, 0.3) is 0 Å². The molecule has 0 aromatic heterocycles. The molecule has 218 valence electrons. The monoisotopic (exact) mass is 596 g/mol. The minimum absolute atomic E-state index is 0.891. The van der Waals surface area contributed by atoms with Gasteiger partial charge in [-0.25, -0.2) is 0 Å². The van der Waals surface area contributed by atoms with Gasteiger partial charge >= 0.3 is 0 Å². The predicted molar refractivity (Wildman–Crippen MR) is 198 cm³/mol. The van der Waals surface area contributed by atoms with E-state index in [1.807, 2.05) is 0 Å². The maximum atomic E-state index is 6.62. The first-order valence-corrected chi connectivity index (χ1v) is 16.2. The van der Waals surface area contributed by atoms with Crippen molar-refractivity contribution in [2.75, 3.05) is 0 Å². The quantitative estimate of drug-likeness (QED) is 0.184. The first-order valence-electron chi connectivity index (χ1n) is 16.2. The van der Waals surface area contributed by atoms with Crippen LogP contribution < -0.4 is 4.74 Å². The molecular formula is C46H28O. The summed E-state index contributed by atoms with van der Waals surface area (Å²) < 4.78 is 6.62. The molecule has 0 unspecified atom stereocenters. The van der Waals surface area contributed by atoms with E-state index in [9.17, 15) is 0 Å². The first-order chi connectivity index (χ1) is 23.3. The highest BCUT2D eigenvalue weighted by molar-refractivity contribution is 6.22. The van der Waals surface area contributed by atoms with Gasteiger partial charge in [0.1, 0.15) is 11.5 Å². The summed E-state index contributed by atoms with van der Waals surface area (Å²) in [6, 6.07) is 61.5. The van der Waals surface area contributed by atoms with E-state index in [1.54, 1.807) is 0 Å². The lowest BCUT2D eigenvalue weighted by molar-refractivity contribution is 0.487. The minimum atomic E-state index is 0.891. The molecule has 0 saturated heterocycles. The maximum absolute atomic E-state index is 6.62. The lowest BCUT2D eigenvalue weighted by Gasteiger charge is -2.24. The van der Waals surface area contributed by atoms with Gasteiger partial charge in [-0.1, -0.05) is 146 Å². The average Bonchev–Trinajstić information content (AvgIpc) is 3.14. The second kappa shape index (κ2) is 10.2. The van der Waals surface area contributed by atoms with Crippen LogP contribution in [0.1, 0.15) is 0 Å². The highest BCUT2D eigenvalue weighted by atomic mass is 16.5. The summed E-state index contributed by atoms with van der Waals surface area (Å²) in [7, 11) is 0. The second-order valence-corrected chi connectivity index (χ2v) is 12.4. The van der Waals surface area contributed by atoms with E-state index >= 15 is 0 Å². The fourth-order valence-corrected chi connectivity index (χ4v) is 7.75. The first kappa shape index (κ1) is 26.1. The van der Waals surface area contributed by atoms with Gasteiger partial charge in [0.15, 0.2) is 0 Å². The second-order valence-electron chi connectivity index (χ2n) is 12.4. The maximum Gasteiger partial charge on any atom is 0.135 e. The number of hydrogen-bond donors (Lipinski definition) is 0. The Kier molecular flexibility index (Phi) is 5.64. The molecule has 0 aliphatic carbocycles. The third kappa shape index (κ3) is 3.97. The number of fused-ring (bicyclic) bond motifs is 5. The van der Waals surface area contributed by atoms with E-state index < -0.39 is 0 Å². The molecule has 1 heterocycles. The van der Waals surface area contributed by atoms with Crippen molar-refractivity contribution in [2.24, 2.45) is 0 Å². The summed E-state index contributed by atoms with van der Waals surface area (Å²) in [5, 5.41) is 9.88. The SMILES string of the molecule is c1ccc(-c2ccc3c4c(cccc24)-c2cc(-c4c5ccccc5c(-c5ccc6ccccc6c5)c5ccccc45)ccc2O3)cc1. The van der Waals surface area contributed by atoms with Crippen LogP contribution in [-0.4, -0.2) is 0 Å². The molecule has 0 atom stereocenters. The minimum Gasteiger partial charge on any atom is -0.456 e. The molecule has 1 nitrogen and oxygen atoms in total. The molecule has 0 N–H and O–H groups in total. The Morgan fingerprint density at radius 2 is 0.872 bits per heavy atom. The molecule has 10 rings (SSSR count). The van der Waals surface area contributed by atoms with E-state index in [1.165, 1.54) is 82.0 Å². The normalized spacial score (nSPS) is 12.0. The van der Waals surface area contributed by atoms with Gasteiger partial charge in [-0.2, -0.15) is 0 Å². The van der Waals surface area contributed by atoms with Crippen LogP contribution >= 0.6 is 0 Å². The van der Waals surface area contributed by atoms with Crippen LogP contribution in [0.5, 0.6) is 11.5 Å². The van der Waals surface area contributed by atoms with Crippen LogP contribution in [-0.2, 0) is 0 Å². The topological polar surface area (TPSA) is 9.23 Å². The number of hydrogen-bond acceptors (Lipinski definition) is 1. The standard InChI is InChI=1S/C46H28O/c1-2-12-30(13-3-1)34-24-26-43-46-35(34)19-10-20-40(46)41-28-33(23-25-42(41)47-43)45-38-17-8-6-15-36(38)44(37-16-7-9-18-39(37)45)32-22-21-29-11-4-5-14-31(29)27-32/h1-28H. The van der Waals surface area contributed by atoms with E-state index in [-0.39, 0.29) is 0 Å². The Labute approximate surface area is 272 Å². The summed E-state index contributed by atoms with van der Waals surface area (Å²) in [4.78, 5) is 0. The van der Waals surface area contributed by atoms with Crippen LogP contribution in [0.25, 0.3) is 87.6 Å². The Bertz CT molecular complexity index is 2640. The van der Waals surface area contributed by atoms with Crippen LogP contribution in [0.4, 0.5) is 0 Å². The smallest absolute Gasteiger partial charge is 0.135 e. The van der Waals surface area contributed by atoms with Crippen LogP contribution in [0.3, 0.4) is 0 Å². The van der Waals surface area contributed by atoms with Crippen molar-refractivity contribution in [1.82, 2.24) is 0 Å². The van der Waals surface area contributed by atoms with Crippen molar-refractivity contribution in [2.45, 2.75) is 0 Å². The third-order valence-corrected chi connectivity index (χ3v) is 9.84. The van der Waals surface area contributed by atoms with Crippen molar-refractivity contribution >= 4 is 43.1 Å². The largest absolute Gasteiger partial charge is 0.456 e. The molecular weight excluding hydrogens is 569 g/mol. The molecule has 1 aliphatic rings. The van der Waals surface area contributed by atoms with Crippen molar-refractivity contribution < 1.29 is 4.74 Å². The van der Waals surface area contributed by atoms with E-state index in [0.29, 0.717) is 0 Å². The molecule has 0 spiro atoms. The molecule has 47 heavy (non-hydrogen) atoms. The summed E-state index contributed by atoms with van der Waals surface area (Å²) in [6.45, 7) is 0. The number of rotatable bonds is 3. The Morgan fingerprint density at radius 1 is 0.298 bits per heavy atom. The molecule has 0 fully saturated rings. The summed E-state index contributed by atoms with van der Waals surface area (Å²) in [5.74, 6) is 1.80. The summed E-state index contributed by atoms with van der Waals surface area (Å²) in [5.41, 5.74) is 9.70. The molecule has 0 radical (unpaired) electrons. The predicted octanol–water partition coefficient (Wildman–Crippen LogP) is 13.1. The zero-order valence-corrected chi connectivity index (χ0v) is 25.6. The molecule has 1 heteroatoms. The zero-order valence-electron chi connectivity index (χ0n) is 25.6. The van der Waals surface area contributed by atoms with Crippen LogP contribution in [0.2, 0.25) is 0 Å². The lowest BCUT2D eigenvalue weighted by Crippen LogP contribution is -1.99. The van der Waals surface area contributed by atoms with Gasteiger partial charge in [0, 0.05) is 10.9 Å². The van der Waals surface area contributed by atoms with Gasteiger partial charge in [0.2, 0.25) is 0 Å². The Balaban J connectivity index is 1.22. The zero-order chi connectivity index (χ0) is 30.9. The lowest BCUT2D eigenvalue weighted by atomic mass is 9.84. The van der Waals surface area contributed by atoms with Crippen molar-refractivity contribution in [3.8, 4) is 56.0 Å². The van der Waals surface area contributed by atoms with Gasteiger partial charge in [-0.05, 0) is 101 Å².